The Morgan fingerprint density at radius 3 is 0.889 bits per heavy atom. The van der Waals surface area contributed by atoms with Crippen molar-refractivity contribution >= 4 is 45.6 Å². The molecule has 0 bridgehead atoms. The minimum Gasteiger partial charge on any atom is -0.121 e. The smallest absolute Gasteiger partial charge is 0.121 e. The fraction of sp³-hybridized carbons (Fsp3) is 0.133. The molecule has 0 saturated carbocycles. The normalized spacial score (nSPS) is 9.72. The van der Waals surface area contributed by atoms with Gasteiger partial charge in [-0.15, -0.1) is 8.58 Å². The van der Waals surface area contributed by atoms with E-state index < -0.39 is 0 Å². The second kappa shape index (κ2) is 20.3. The summed E-state index contributed by atoms with van der Waals surface area (Å²) in [6.45, 7) is 9.00. The molecular weight excluding hydrogens is 586 g/mol. The summed E-state index contributed by atoms with van der Waals surface area (Å²) < 4.78 is 15.0. The van der Waals surface area contributed by atoms with Crippen LogP contribution in [0.2, 0.25) is 0 Å². The number of benzene rings is 4. The molecule has 0 unspecified atom stereocenters. The van der Waals surface area contributed by atoms with E-state index >= 15 is 0 Å². The molecule has 0 heterocycles. The summed E-state index contributed by atoms with van der Waals surface area (Å²) in [6, 6.07) is 44.5. The maximum atomic E-state index is 7.50. The fourth-order valence-electron chi connectivity index (χ4n) is 3.75. The molecule has 0 fully saturated rings. The zero-order valence-electron chi connectivity index (χ0n) is 19.9. The van der Waals surface area contributed by atoms with Crippen molar-refractivity contribution in [1.82, 2.24) is 0 Å². The van der Waals surface area contributed by atoms with Crippen molar-refractivity contribution in [1.29, 1.82) is 0 Å². The molecule has 180 valence electrons. The Morgan fingerprint density at radius 1 is 0.444 bits per heavy atom. The third-order valence-corrected chi connectivity index (χ3v) is 12.4. The monoisotopic (exact) mass is 616 g/mol. The van der Waals surface area contributed by atoms with Crippen LogP contribution in [0.5, 0.6) is 0 Å². The average Bonchev–Trinajstić information content (AvgIpc) is 2.97. The van der Waals surface area contributed by atoms with E-state index in [4.69, 9.17) is 9.30 Å². The van der Waals surface area contributed by atoms with Gasteiger partial charge in [0.1, 0.15) is 0 Å². The molecule has 0 aromatic heterocycles. The predicted octanol–water partition coefficient (Wildman–Crippen LogP) is 5.85. The first-order valence-electron chi connectivity index (χ1n) is 11.3. The van der Waals surface area contributed by atoms with E-state index in [1.54, 1.807) is 0 Å². The van der Waals surface area contributed by atoms with Gasteiger partial charge in [-0.1, -0.05) is 121 Å². The number of hydrogen-bond donors (Lipinski definition) is 0. The first-order chi connectivity index (χ1) is 17.4. The maximum absolute atomic E-state index is 7.50. The Hall–Kier alpha value is -1.73. The number of hydrogen-bond acceptors (Lipinski definition) is 0. The summed E-state index contributed by atoms with van der Waals surface area (Å²) in [7, 11) is 0.513. The average molecular weight is 616 g/mol. The molecule has 0 radical (unpaired) electrons. The molecule has 6 heteroatoms. The first-order valence-corrected chi connectivity index (χ1v) is 15.8. The van der Waals surface area contributed by atoms with Gasteiger partial charge >= 0.3 is 42.1 Å². The Morgan fingerprint density at radius 2 is 0.667 bits per heavy atom. The van der Waals surface area contributed by atoms with Crippen LogP contribution < -0.4 is 21.2 Å². The topological polar surface area (TPSA) is 39.8 Å². The van der Waals surface area contributed by atoms with Crippen LogP contribution >= 0.6 is 24.4 Å². The largest absolute Gasteiger partial charge is 4.00 e. The third-order valence-electron chi connectivity index (χ3n) is 5.30. The standard InChI is InChI=1S/C28H29P3.2CO.Ru/c1-5-13-25(14-6-1)30(26-15-7-2-8-16-26)23-21-29-22-24-31(27-17-9-3-10-18-27)28-19-11-4-12-20-28;2*1-2;/h1-20,29H,21-24H2;;;/q;;;+4. The van der Waals surface area contributed by atoms with Gasteiger partial charge in [-0.2, -0.15) is 0 Å². The summed E-state index contributed by atoms with van der Waals surface area (Å²) in [5, 5.41) is 6.02. The van der Waals surface area contributed by atoms with Crippen molar-refractivity contribution < 1.29 is 28.8 Å². The summed E-state index contributed by atoms with van der Waals surface area (Å²) in [5.41, 5.74) is 0. The third kappa shape index (κ3) is 10.7. The molecule has 0 aliphatic rings. The molecule has 4 aromatic carbocycles. The Balaban J connectivity index is 0.00000123. The van der Waals surface area contributed by atoms with E-state index in [-0.39, 0.29) is 35.3 Å². The molecule has 0 spiro atoms. The summed E-state index contributed by atoms with van der Waals surface area (Å²) in [6.07, 6.45) is 5.22. The summed E-state index contributed by atoms with van der Waals surface area (Å²) >= 11 is 0. The van der Waals surface area contributed by atoms with Gasteiger partial charge in [-0.05, 0) is 61.7 Å². The molecule has 0 aliphatic heterocycles. The van der Waals surface area contributed by atoms with Crippen LogP contribution in [0.15, 0.2) is 121 Å². The van der Waals surface area contributed by atoms with Gasteiger partial charge in [0, 0.05) is 0 Å². The quantitative estimate of drug-likeness (QED) is 0.0706. The van der Waals surface area contributed by atoms with Crippen molar-refractivity contribution in [2.75, 3.05) is 24.6 Å². The second-order valence-electron chi connectivity index (χ2n) is 7.40. The molecule has 4 aromatic rings. The Kier molecular flexibility index (Phi) is 18.3. The SMILES string of the molecule is [C-]#[O+].[C-]#[O+].[Ru+4].c1ccc(P(CCPCCP(c2ccccc2)c2ccccc2)c2ccccc2)cc1. The van der Waals surface area contributed by atoms with Gasteiger partial charge in [-0.25, -0.2) is 0 Å². The van der Waals surface area contributed by atoms with Crippen molar-refractivity contribution in [2.24, 2.45) is 0 Å². The second-order valence-corrected chi connectivity index (χ2v) is 13.6. The van der Waals surface area contributed by atoms with Gasteiger partial charge in [0.15, 0.2) is 0 Å². The minimum absolute atomic E-state index is 0. The predicted molar refractivity (Wildman–Crippen MR) is 154 cm³/mol. The van der Waals surface area contributed by atoms with Crippen molar-refractivity contribution in [3.8, 4) is 0 Å². The Labute approximate surface area is 232 Å². The summed E-state index contributed by atoms with van der Waals surface area (Å²) in [5.74, 6) is 0. The van der Waals surface area contributed by atoms with E-state index in [2.05, 4.69) is 135 Å². The van der Waals surface area contributed by atoms with Crippen LogP contribution in [0.1, 0.15) is 0 Å². The van der Waals surface area contributed by atoms with Gasteiger partial charge < -0.3 is 0 Å². The van der Waals surface area contributed by atoms with Gasteiger partial charge in [0.05, 0.1) is 0 Å². The van der Waals surface area contributed by atoms with Crippen LogP contribution in [0, 0.1) is 13.3 Å². The molecule has 0 atom stereocenters. The van der Waals surface area contributed by atoms with E-state index in [1.807, 2.05) is 0 Å². The van der Waals surface area contributed by atoms with Crippen LogP contribution in [-0.4, -0.2) is 24.6 Å². The maximum Gasteiger partial charge on any atom is 4.00 e. The van der Waals surface area contributed by atoms with Crippen molar-refractivity contribution in [3.63, 3.8) is 0 Å². The van der Waals surface area contributed by atoms with E-state index in [1.165, 1.54) is 45.9 Å². The molecule has 0 aliphatic carbocycles. The molecule has 0 amide bonds. The van der Waals surface area contributed by atoms with Crippen LogP contribution in [-0.2, 0) is 28.8 Å². The summed E-state index contributed by atoms with van der Waals surface area (Å²) in [4.78, 5) is 0. The Bertz CT molecular complexity index is 939. The molecule has 36 heavy (non-hydrogen) atoms. The van der Waals surface area contributed by atoms with Crippen molar-refractivity contribution in [3.05, 3.63) is 135 Å². The van der Waals surface area contributed by atoms with E-state index in [0.29, 0.717) is 0 Å². The number of rotatable bonds is 10. The molecule has 2 nitrogen and oxygen atoms in total. The van der Waals surface area contributed by atoms with Gasteiger partial charge in [0.25, 0.3) is 0 Å². The molecule has 4 rings (SSSR count). The van der Waals surface area contributed by atoms with Crippen LogP contribution in [0.4, 0.5) is 0 Å². The van der Waals surface area contributed by atoms with Crippen LogP contribution in [0.25, 0.3) is 0 Å². The molecular formula is C30H29O2P3Ru+4. The fourth-order valence-corrected chi connectivity index (χ4v) is 10.8. The van der Waals surface area contributed by atoms with E-state index in [9.17, 15) is 0 Å². The van der Waals surface area contributed by atoms with Crippen LogP contribution in [0.3, 0.4) is 0 Å². The van der Waals surface area contributed by atoms with E-state index in [0.717, 1.165) is 8.58 Å². The molecule has 0 N–H and O–H groups in total. The van der Waals surface area contributed by atoms with Gasteiger partial charge in [-0.3, -0.25) is 0 Å². The van der Waals surface area contributed by atoms with Gasteiger partial charge in [0.2, 0.25) is 0 Å². The zero-order chi connectivity index (χ0) is 25.1. The zero-order valence-corrected chi connectivity index (χ0v) is 24.5. The molecule has 0 saturated heterocycles. The van der Waals surface area contributed by atoms with Crippen molar-refractivity contribution in [2.45, 2.75) is 0 Å². The first kappa shape index (κ1) is 32.3. The minimum atomic E-state index is -0.258.